The van der Waals surface area contributed by atoms with Gasteiger partial charge in [0.1, 0.15) is 12.6 Å². The molecular weight excluding hydrogens is 472 g/mol. The van der Waals surface area contributed by atoms with Crippen LogP contribution in [0.15, 0.2) is 48.5 Å². The largest absolute Gasteiger partial charge is 0.350 e. The van der Waals surface area contributed by atoms with Crippen LogP contribution in [0.25, 0.3) is 0 Å². The van der Waals surface area contributed by atoms with Crippen LogP contribution in [0.5, 0.6) is 0 Å². The van der Waals surface area contributed by atoms with Gasteiger partial charge in [-0.15, -0.1) is 0 Å². The van der Waals surface area contributed by atoms with E-state index in [-0.39, 0.29) is 23.8 Å². The maximum atomic E-state index is 13.5. The molecule has 0 aliphatic rings. The number of rotatable bonds is 9. The van der Waals surface area contributed by atoms with Gasteiger partial charge >= 0.3 is 0 Å². The number of benzene rings is 2. The molecule has 0 fully saturated rings. The highest BCUT2D eigenvalue weighted by Gasteiger charge is 2.32. The number of sulfonamides is 1. The van der Waals surface area contributed by atoms with E-state index in [9.17, 15) is 28.1 Å². The van der Waals surface area contributed by atoms with E-state index in [1.165, 1.54) is 17.0 Å². The molecule has 2 amide bonds. The van der Waals surface area contributed by atoms with Gasteiger partial charge in [-0.05, 0) is 45.7 Å². The Morgan fingerprint density at radius 2 is 1.71 bits per heavy atom. The zero-order valence-electron chi connectivity index (χ0n) is 20.8. The van der Waals surface area contributed by atoms with Crippen LogP contribution < -0.4 is 9.62 Å². The molecule has 0 aromatic heterocycles. The van der Waals surface area contributed by atoms with Crippen LogP contribution in [-0.4, -0.2) is 54.4 Å². The molecule has 2 aromatic carbocycles. The summed E-state index contributed by atoms with van der Waals surface area (Å²) in [6.07, 6.45) is 0.926. The van der Waals surface area contributed by atoms with Crippen molar-refractivity contribution in [1.82, 2.24) is 10.2 Å². The Hall–Kier alpha value is -3.47. The third-order valence-corrected chi connectivity index (χ3v) is 6.34. The van der Waals surface area contributed by atoms with Crippen molar-refractivity contribution in [2.24, 2.45) is 0 Å². The van der Waals surface area contributed by atoms with Crippen LogP contribution in [0.4, 0.5) is 11.4 Å². The summed E-state index contributed by atoms with van der Waals surface area (Å²) >= 11 is 0. The highest BCUT2D eigenvalue weighted by molar-refractivity contribution is 7.92. The fourth-order valence-corrected chi connectivity index (χ4v) is 4.31. The topological polar surface area (TPSA) is 130 Å². The fourth-order valence-electron chi connectivity index (χ4n) is 3.41. The summed E-state index contributed by atoms with van der Waals surface area (Å²) in [5.74, 6) is -1.01. The molecule has 0 aliphatic carbocycles. The Labute approximate surface area is 206 Å². The van der Waals surface area contributed by atoms with Gasteiger partial charge in [0.15, 0.2) is 0 Å². The minimum Gasteiger partial charge on any atom is -0.350 e. The first-order chi connectivity index (χ1) is 16.1. The second-order valence-corrected chi connectivity index (χ2v) is 11.3. The third-order valence-electron chi connectivity index (χ3n) is 5.21. The molecule has 0 spiro atoms. The molecule has 0 saturated heterocycles. The van der Waals surface area contributed by atoms with E-state index >= 15 is 0 Å². The number of carbonyl (C=O) groups is 2. The number of carbonyl (C=O) groups excluding carboxylic acids is 2. The van der Waals surface area contributed by atoms with E-state index < -0.39 is 39.0 Å². The number of nitro groups is 1. The first-order valence-corrected chi connectivity index (χ1v) is 12.8. The number of hydrogen-bond donors (Lipinski definition) is 1. The lowest BCUT2D eigenvalue weighted by molar-refractivity contribution is -0.384. The van der Waals surface area contributed by atoms with Crippen molar-refractivity contribution in [1.29, 1.82) is 0 Å². The number of nitrogens with zero attached hydrogens (tertiary/aromatic N) is 3. The molecule has 2 rings (SSSR count). The highest BCUT2D eigenvalue weighted by Crippen LogP contribution is 2.28. The van der Waals surface area contributed by atoms with Gasteiger partial charge in [0.2, 0.25) is 21.8 Å². The van der Waals surface area contributed by atoms with Gasteiger partial charge in [0.05, 0.1) is 16.9 Å². The van der Waals surface area contributed by atoms with E-state index in [1.54, 1.807) is 38.1 Å². The fraction of sp³-hybridized carbons (Fsp3) is 0.417. The molecule has 0 aliphatic heterocycles. The van der Waals surface area contributed by atoms with Crippen molar-refractivity contribution in [2.45, 2.75) is 52.7 Å². The minimum absolute atomic E-state index is 0.0292. The Bertz CT molecular complexity index is 1190. The maximum absolute atomic E-state index is 13.5. The molecule has 0 saturated carbocycles. The van der Waals surface area contributed by atoms with Crippen LogP contribution in [-0.2, 0) is 26.2 Å². The van der Waals surface area contributed by atoms with E-state index in [1.807, 2.05) is 26.8 Å². The van der Waals surface area contributed by atoms with Crippen molar-refractivity contribution in [3.05, 3.63) is 69.8 Å². The smallest absolute Gasteiger partial charge is 0.271 e. The number of amides is 2. The monoisotopic (exact) mass is 504 g/mol. The Morgan fingerprint density at radius 3 is 2.23 bits per heavy atom. The van der Waals surface area contributed by atoms with Gasteiger partial charge in [-0.3, -0.25) is 24.0 Å². The molecule has 1 N–H and O–H groups in total. The van der Waals surface area contributed by atoms with Gasteiger partial charge in [-0.2, -0.15) is 0 Å². The average Bonchev–Trinajstić information content (AvgIpc) is 2.74. The van der Waals surface area contributed by atoms with Crippen LogP contribution in [0.2, 0.25) is 0 Å². The van der Waals surface area contributed by atoms with Crippen molar-refractivity contribution >= 4 is 33.2 Å². The van der Waals surface area contributed by atoms with Crippen molar-refractivity contribution in [2.75, 3.05) is 17.1 Å². The first-order valence-electron chi connectivity index (χ1n) is 11.0. The Balaban J connectivity index is 2.47. The quantitative estimate of drug-likeness (QED) is 0.413. The lowest BCUT2D eigenvalue weighted by Gasteiger charge is -2.33. The lowest BCUT2D eigenvalue weighted by atomic mass is 10.1. The highest BCUT2D eigenvalue weighted by atomic mass is 32.2. The molecule has 0 heterocycles. The summed E-state index contributed by atoms with van der Waals surface area (Å²) in [5.41, 5.74) is 0.397. The standard InChI is InChI=1S/C24H32N4O6S/c1-17-12-13-20(28(31)32)14-21(17)27(35(6,33)34)16-22(29)26(15-19-10-8-7-9-11-19)18(2)23(30)25-24(3,4)5/h7-14,18H,15-16H2,1-6H3,(H,25,30)/t18-/m1/s1. The van der Waals surface area contributed by atoms with E-state index in [4.69, 9.17) is 0 Å². The summed E-state index contributed by atoms with van der Waals surface area (Å²) in [4.78, 5) is 38.4. The van der Waals surface area contributed by atoms with Crippen LogP contribution in [0.1, 0.15) is 38.8 Å². The Morgan fingerprint density at radius 1 is 1.11 bits per heavy atom. The SMILES string of the molecule is Cc1ccc([N+](=O)[O-])cc1N(CC(=O)N(Cc1ccccc1)[C@H](C)C(=O)NC(C)(C)C)S(C)(=O)=O. The zero-order valence-corrected chi connectivity index (χ0v) is 21.6. The van der Waals surface area contributed by atoms with Crippen LogP contribution in [0.3, 0.4) is 0 Å². The number of anilines is 1. The van der Waals surface area contributed by atoms with Gasteiger partial charge in [-0.25, -0.2) is 8.42 Å². The average molecular weight is 505 g/mol. The van der Waals surface area contributed by atoms with Crippen LogP contribution in [0, 0.1) is 17.0 Å². The molecule has 35 heavy (non-hydrogen) atoms. The predicted molar refractivity (Wildman–Crippen MR) is 134 cm³/mol. The van der Waals surface area contributed by atoms with Crippen LogP contribution >= 0.6 is 0 Å². The summed E-state index contributed by atoms with van der Waals surface area (Å²) in [7, 11) is -4.00. The van der Waals surface area contributed by atoms with Gasteiger partial charge in [-0.1, -0.05) is 36.4 Å². The van der Waals surface area contributed by atoms with Crippen molar-refractivity contribution < 1.29 is 22.9 Å². The number of non-ortho nitro benzene ring substituents is 1. The summed E-state index contributed by atoms with van der Waals surface area (Å²) in [6, 6.07) is 11.9. The number of aryl methyl sites for hydroxylation is 1. The molecule has 0 bridgehead atoms. The molecule has 11 heteroatoms. The number of nitro benzene ring substituents is 1. The predicted octanol–water partition coefficient (Wildman–Crippen LogP) is 3.00. The molecule has 1 atom stereocenters. The third kappa shape index (κ3) is 7.78. The first kappa shape index (κ1) is 27.8. The Kier molecular flexibility index (Phi) is 8.61. The minimum atomic E-state index is -4.00. The van der Waals surface area contributed by atoms with Crippen molar-refractivity contribution in [3.8, 4) is 0 Å². The molecule has 0 unspecified atom stereocenters. The van der Waals surface area contributed by atoms with Gasteiger partial charge in [0.25, 0.3) is 5.69 Å². The molecule has 190 valence electrons. The molecular formula is C24H32N4O6S. The normalized spacial score (nSPS) is 12.5. The second-order valence-electron chi connectivity index (χ2n) is 9.42. The van der Waals surface area contributed by atoms with E-state index in [0.717, 1.165) is 22.2 Å². The summed E-state index contributed by atoms with van der Waals surface area (Å²) < 4.78 is 26.2. The van der Waals surface area contributed by atoms with Gasteiger partial charge in [0, 0.05) is 24.2 Å². The number of hydrogen-bond acceptors (Lipinski definition) is 6. The van der Waals surface area contributed by atoms with E-state index in [0.29, 0.717) is 5.56 Å². The zero-order chi connectivity index (χ0) is 26.6. The molecule has 10 nitrogen and oxygen atoms in total. The van der Waals surface area contributed by atoms with Crippen molar-refractivity contribution in [3.63, 3.8) is 0 Å². The number of nitrogens with one attached hydrogen (secondary N) is 1. The summed E-state index contributed by atoms with van der Waals surface area (Å²) in [5, 5.41) is 14.1. The molecule has 0 radical (unpaired) electrons. The second kappa shape index (κ2) is 10.9. The van der Waals surface area contributed by atoms with Gasteiger partial charge < -0.3 is 10.2 Å². The maximum Gasteiger partial charge on any atom is 0.271 e. The lowest BCUT2D eigenvalue weighted by Crippen LogP contribution is -2.54. The molecule has 2 aromatic rings. The van der Waals surface area contributed by atoms with E-state index in [2.05, 4.69) is 5.32 Å². The summed E-state index contributed by atoms with van der Waals surface area (Å²) in [6.45, 7) is 8.07.